The highest BCUT2D eigenvalue weighted by Gasteiger charge is 2.12. The fraction of sp³-hybridized carbons (Fsp3) is 0.125. The third-order valence-electron chi connectivity index (χ3n) is 1.61. The molecule has 0 N–H and O–H groups in total. The first-order valence-electron chi connectivity index (χ1n) is 3.47. The SMILES string of the molecule is COC(=O)c1cc2c(Br)csc2s1. The van der Waals surface area contributed by atoms with E-state index in [1.165, 1.54) is 18.4 Å². The van der Waals surface area contributed by atoms with E-state index in [2.05, 4.69) is 20.7 Å². The fourth-order valence-corrected chi connectivity index (χ4v) is 3.92. The molecule has 0 atom stereocenters. The van der Waals surface area contributed by atoms with Crippen molar-refractivity contribution in [1.29, 1.82) is 0 Å². The van der Waals surface area contributed by atoms with Gasteiger partial charge >= 0.3 is 5.97 Å². The number of rotatable bonds is 1. The number of methoxy groups -OCH3 is 1. The van der Waals surface area contributed by atoms with Gasteiger partial charge in [-0.1, -0.05) is 0 Å². The summed E-state index contributed by atoms with van der Waals surface area (Å²) in [6.07, 6.45) is 0. The molecule has 2 rings (SSSR count). The van der Waals surface area contributed by atoms with Crippen LogP contribution in [0.5, 0.6) is 0 Å². The molecule has 5 heteroatoms. The molecule has 0 aliphatic heterocycles. The lowest BCUT2D eigenvalue weighted by molar-refractivity contribution is 0.0606. The van der Waals surface area contributed by atoms with Crippen LogP contribution in [-0.4, -0.2) is 13.1 Å². The zero-order valence-corrected chi connectivity index (χ0v) is 9.88. The number of thiophene rings is 2. The second kappa shape index (κ2) is 3.40. The van der Waals surface area contributed by atoms with Crippen molar-refractivity contribution in [2.75, 3.05) is 7.11 Å². The summed E-state index contributed by atoms with van der Waals surface area (Å²) in [5, 5.41) is 3.11. The summed E-state index contributed by atoms with van der Waals surface area (Å²) in [7, 11) is 1.39. The van der Waals surface area contributed by atoms with Gasteiger partial charge in [0.1, 0.15) is 4.88 Å². The van der Waals surface area contributed by atoms with Crippen molar-refractivity contribution in [2.24, 2.45) is 0 Å². The predicted molar refractivity (Wildman–Crippen MR) is 58.7 cm³/mol. The van der Waals surface area contributed by atoms with E-state index in [-0.39, 0.29) is 5.97 Å². The molecule has 0 aromatic carbocycles. The second-order valence-corrected chi connectivity index (χ2v) is 5.43. The number of esters is 1. The molecule has 2 nitrogen and oxygen atoms in total. The molecule has 0 saturated carbocycles. The van der Waals surface area contributed by atoms with Crippen LogP contribution in [0, 0.1) is 0 Å². The molecule has 0 fully saturated rings. The van der Waals surface area contributed by atoms with E-state index in [1.54, 1.807) is 11.3 Å². The molecule has 68 valence electrons. The smallest absolute Gasteiger partial charge is 0.348 e. The largest absolute Gasteiger partial charge is 0.465 e. The summed E-state index contributed by atoms with van der Waals surface area (Å²) in [5.74, 6) is -0.264. The Morgan fingerprint density at radius 2 is 2.38 bits per heavy atom. The molecule has 0 unspecified atom stereocenters. The summed E-state index contributed by atoms with van der Waals surface area (Å²) < 4.78 is 6.82. The third kappa shape index (κ3) is 1.51. The first-order valence-corrected chi connectivity index (χ1v) is 5.96. The zero-order valence-electron chi connectivity index (χ0n) is 6.67. The van der Waals surface area contributed by atoms with Gasteiger partial charge in [-0.15, -0.1) is 22.7 Å². The Balaban J connectivity index is 2.56. The minimum absolute atomic E-state index is 0.264. The van der Waals surface area contributed by atoms with E-state index in [0.29, 0.717) is 4.88 Å². The van der Waals surface area contributed by atoms with Crippen LogP contribution in [0.25, 0.3) is 9.40 Å². The molecule has 0 bridgehead atoms. The molecule has 2 aromatic heterocycles. The Hall–Kier alpha value is -0.390. The van der Waals surface area contributed by atoms with Crippen molar-refractivity contribution in [2.45, 2.75) is 0 Å². The van der Waals surface area contributed by atoms with E-state index >= 15 is 0 Å². The van der Waals surface area contributed by atoms with Gasteiger partial charge in [0.15, 0.2) is 0 Å². The zero-order chi connectivity index (χ0) is 9.42. The minimum atomic E-state index is -0.264. The normalized spacial score (nSPS) is 10.6. The molecular formula is C8H5BrO2S2. The van der Waals surface area contributed by atoms with Gasteiger partial charge in [0.2, 0.25) is 0 Å². The van der Waals surface area contributed by atoms with Crippen molar-refractivity contribution in [3.63, 3.8) is 0 Å². The highest BCUT2D eigenvalue weighted by molar-refractivity contribution is 9.10. The maximum Gasteiger partial charge on any atom is 0.348 e. The summed E-state index contributed by atoms with van der Waals surface area (Å²) >= 11 is 6.51. The summed E-state index contributed by atoms with van der Waals surface area (Å²) in [6, 6.07) is 1.85. The fourth-order valence-electron chi connectivity index (χ4n) is 0.998. The number of carbonyl (C=O) groups is 1. The van der Waals surface area contributed by atoms with E-state index in [0.717, 1.165) is 13.9 Å². The van der Waals surface area contributed by atoms with Gasteiger partial charge < -0.3 is 4.74 Å². The van der Waals surface area contributed by atoms with Gasteiger partial charge in [0, 0.05) is 15.2 Å². The lowest BCUT2D eigenvalue weighted by Gasteiger charge is -1.90. The minimum Gasteiger partial charge on any atom is -0.465 e. The molecule has 0 saturated heterocycles. The van der Waals surface area contributed by atoms with E-state index in [1.807, 2.05) is 11.4 Å². The molecule has 0 aliphatic rings. The Bertz CT molecular complexity index is 458. The molecule has 2 heterocycles. The van der Waals surface area contributed by atoms with E-state index < -0.39 is 0 Å². The van der Waals surface area contributed by atoms with Crippen molar-refractivity contribution in [1.82, 2.24) is 0 Å². The van der Waals surface area contributed by atoms with Crippen LogP contribution in [0.3, 0.4) is 0 Å². The van der Waals surface area contributed by atoms with Crippen LogP contribution in [0.1, 0.15) is 9.67 Å². The number of halogens is 1. The average Bonchev–Trinajstić information content (AvgIpc) is 2.67. The molecule has 0 spiro atoms. The molecule has 0 amide bonds. The quantitative estimate of drug-likeness (QED) is 0.745. The van der Waals surface area contributed by atoms with Gasteiger partial charge in [-0.2, -0.15) is 0 Å². The topological polar surface area (TPSA) is 26.3 Å². The van der Waals surface area contributed by atoms with Gasteiger partial charge in [0.05, 0.1) is 11.1 Å². The van der Waals surface area contributed by atoms with Crippen molar-refractivity contribution in [3.8, 4) is 0 Å². The second-order valence-electron chi connectivity index (χ2n) is 2.39. The molecule has 0 radical (unpaired) electrons. The van der Waals surface area contributed by atoms with Crippen LogP contribution in [0.15, 0.2) is 15.9 Å². The highest BCUT2D eigenvalue weighted by Crippen LogP contribution is 2.36. The third-order valence-corrected chi connectivity index (χ3v) is 4.81. The standard InChI is InChI=1S/C8H5BrO2S2/c1-11-7(10)6-2-4-5(9)3-12-8(4)13-6/h2-3H,1H3. The summed E-state index contributed by atoms with van der Waals surface area (Å²) in [5.41, 5.74) is 0. The van der Waals surface area contributed by atoms with E-state index in [4.69, 9.17) is 0 Å². The summed E-state index contributed by atoms with van der Waals surface area (Å²) in [6.45, 7) is 0. The number of fused-ring (bicyclic) bond motifs is 1. The molecular weight excluding hydrogens is 272 g/mol. The number of ether oxygens (including phenoxy) is 1. The van der Waals surface area contributed by atoms with Crippen LogP contribution in [-0.2, 0) is 4.74 Å². The van der Waals surface area contributed by atoms with Crippen LogP contribution >= 0.6 is 38.6 Å². The molecule has 2 aromatic rings. The van der Waals surface area contributed by atoms with Crippen molar-refractivity contribution >= 4 is 54.0 Å². The maximum absolute atomic E-state index is 11.2. The lowest BCUT2D eigenvalue weighted by Crippen LogP contribution is -1.96. The van der Waals surface area contributed by atoms with Crippen LogP contribution in [0.2, 0.25) is 0 Å². The molecule has 0 aliphatic carbocycles. The average molecular weight is 277 g/mol. The molecule has 13 heavy (non-hydrogen) atoms. The number of hydrogen-bond acceptors (Lipinski definition) is 4. The van der Waals surface area contributed by atoms with Gasteiger partial charge in [-0.05, 0) is 22.0 Å². The van der Waals surface area contributed by atoms with Gasteiger partial charge in [0.25, 0.3) is 0 Å². The first kappa shape index (κ1) is 9.18. The van der Waals surface area contributed by atoms with Crippen molar-refractivity contribution < 1.29 is 9.53 Å². The lowest BCUT2D eigenvalue weighted by atomic mass is 10.4. The van der Waals surface area contributed by atoms with E-state index in [9.17, 15) is 4.79 Å². The summed E-state index contributed by atoms with van der Waals surface area (Å²) in [4.78, 5) is 11.8. The maximum atomic E-state index is 11.2. The first-order chi connectivity index (χ1) is 6.22. The van der Waals surface area contributed by atoms with Crippen LogP contribution in [0.4, 0.5) is 0 Å². The predicted octanol–water partition coefficient (Wildman–Crippen LogP) is 3.51. The van der Waals surface area contributed by atoms with Gasteiger partial charge in [-0.3, -0.25) is 0 Å². The Morgan fingerprint density at radius 1 is 1.62 bits per heavy atom. The number of carbonyl (C=O) groups excluding carboxylic acids is 1. The Labute approximate surface area is 91.3 Å². The number of hydrogen-bond donors (Lipinski definition) is 0. The highest BCUT2D eigenvalue weighted by atomic mass is 79.9. The Kier molecular flexibility index (Phi) is 2.40. The monoisotopic (exact) mass is 276 g/mol. The Morgan fingerprint density at radius 3 is 3.00 bits per heavy atom. The van der Waals surface area contributed by atoms with Crippen LogP contribution < -0.4 is 0 Å². The van der Waals surface area contributed by atoms with Crippen molar-refractivity contribution in [3.05, 3.63) is 20.8 Å². The van der Waals surface area contributed by atoms with Gasteiger partial charge in [-0.25, -0.2) is 4.79 Å².